The smallest absolute Gasteiger partial charge is 0.344 e. The van der Waals surface area contributed by atoms with Crippen LogP contribution in [0.1, 0.15) is 40.2 Å². The molecular weight excluding hydrogens is 292 g/mol. The highest BCUT2D eigenvalue weighted by molar-refractivity contribution is 7.99. The molecule has 0 bridgehead atoms. The van der Waals surface area contributed by atoms with Crippen molar-refractivity contribution in [3.8, 4) is 0 Å². The topological polar surface area (TPSA) is 89.0 Å². The molecule has 0 spiro atoms. The molecule has 1 unspecified atom stereocenters. The molecule has 0 aliphatic rings. The zero-order valence-electron chi connectivity index (χ0n) is 13.0. The Morgan fingerprint density at radius 3 is 2.76 bits per heavy atom. The van der Waals surface area contributed by atoms with Crippen LogP contribution in [0.3, 0.4) is 0 Å². The molecule has 0 fully saturated rings. The zero-order chi connectivity index (χ0) is 15.8. The van der Waals surface area contributed by atoms with Gasteiger partial charge in [-0.3, -0.25) is 9.36 Å². The number of ether oxygens (including phenoxy) is 1. The molecule has 0 saturated heterocycles. The van der Waals surface area contributed by atoms with E-state index < -0.39 is 0 Å². The van der Waals surface area contributed by atoms with Gasteiger partial charge in [0.25, 0.3) is 0 Å². The lowest BCUT2D eigenvalue weighted by atomic mass is 10.2. The summed E-state index contributed by atoms with van der Waals surface area (Å²) in [6.07, 6.45) is 0.622. The first kappa shape index (κ1) is 17.8. The molecule has 1 atom stereocenters. The van der Waals surface area contributed by atoms with Gasteiger partial charge in [-0.15, -0.1) is 5.10 Å². The fourth-order valence-electron chi connectivity index (χ4n) is 1.91. The van der Waals surface area contributed by atoms with E-state index >= 15 is 0 Å². The van der Waals surface area contributed by atoms with Gasteiger partial charge >= 0.3 is 11.7 Å². The number of esters is 1. The van der Waals surface area contributed by atoms with Crippen LogP contribution in [0.15, 0.2) is 9.95 Å². The first-order valence-corrected chi connectivity index (χ1v) is 8.19. The van der Waals surface area contributed by atoms with Gasteiger partial charge in [-0.25, -0.2) is 9.89 Å². The summed E-state index contributed by atoms with van der Waals surface area (Å²) in [6.45, 7) is 8.68. The number of nitrogens with one attached hydrogen (secondary N) is 2. The van der Waals surface area contributed by atoms with E-state index in [0.29, 0.717) is 30.5 Å². The Hall–Kier alpha value is -1.28. The van der Waals surface area contributed by atoms with Crippen molar-refractivity contribution in [1.29, 1.82) is 0 Å². The molecule has 1 rings (SSSR count). The minimum absolute atomic E-state index is 0.0494. The number of likely N-dealkylation sites (N-methyl/N-ethyl adjacent to an activating group) is 1. The molecule has 0 radical (unpaired) electrons. The van der Waals surface area contributed by atoms with Crippen LogP contribution in [0.4, 0.5) is 0 Å². The zero-order valence-corrected chi connectivity index (χ0v) is 13.8. The summed E-state index contributed by atoms with van der Waals surface area (Å²) in [5.41, 5.74) is -0.207. The predicted octanol–water partition coefficient (Wildman–Crippen LogP) is 1.18. The number of carbonyl (C=O) groups is 1. The lowest BCUT2D eigenvalue weighted by molar-refractivity contribution is -0.145. The van der Waals surface area contributed by atoms with Gasteiger partial charge < -0.3 is 10.1 Å². The highest BCUT2D eigenvalue weighted by Gasteiger charge is 2.19. The van der Waals surface area contributed by atoms with Crippen molar-refractivity contribution in [2.24, 2.45) is 0 Å². The van der Waals surface area contributed by atoms with Gasteiger partial charge in [-0.1, -0.05) is 18.7 Å². The number of nitrogens with zero attached hydrogens (tertiary/aromatic N) is 2. The number of carbonyl (C=O) groups excluding carboxylic acids is 1. The second-order valence-corrected chi connectivity index (χ2v) is 5.84. The quantitative estimate of drug-likeness (QED) is 0.525. The Morgan fingerprint density at radius 2 is 2.19 bits per heavy atom. The summed E-state index contributed by atoms with van der Waals surface area (Å²) in [4.78, 5) is 23.4. The Bertz CT molecular complexity index is 498. The maximum atomic E-state index is 11.8. The van der Waals surface area contributed by atoms with Crippen molar-refractivity contribution >= 4 is 17.7 Å². The third-order valence-electron chi connectivity index (χ3n) is 2.85. The van der Waals surface area contributed by atoms with Crippen molar-refractivity contribution < 1.29 is 9.53 Å². The number of H-pyrrole nitrogens is 1. The van der Waals surface area contributed by atoms with Gasteiger partial charge in [-0.05, 0) is 33.7 Å². The highest BCUT2D eigenvalue weighted by Crippen LogP contribution is 2.18. The first-order chi connectivity index (χ1) is 10.0. The molecule has 0 aromatic carbocycles. The molecule has 8 heteroatoms. The van der Waals surface area contributed by atoms with Crippen LogP contribution in [0.25, 0.3) is 0 Å². The molecule has 0 saturated carbocycles. The number of hydrogen-bond acceptors (Lipinski definition) is 6. The lowest BCUT2D eigenvalue weighted by Gasteiger charge is -2.16. The lowest BCUT2D eigenvalue weighted by Crippen LogP contribution is -2.38. The molecule has 1 aromatic heterocycles. The van der Waals surface area contributed by atoms with Gasteiger partial charge in [-0.2, -0.15) is 0 Å². The monoisotopic (exact) mass is 316 g/mol. The minimum atomic E-state index is -0.319. The summed E-state index contributed by atoms with van der Waals surface area (Å²) in [5, 5.41) is 10.2. The van der Waals surface area contributed by atoms with Crippen molar-refractivity contribution in [2.45, 2.75) is 51.4 Å². The van der Waals surface area contributed by atoms with Crippen LogP contribution >= 0.6 is 11.8 Å². The predicted molar refractivity (Wildman–Crippen MR) is 82.7 cm³/mol. The number of hydrogen-bond donors (Lipinski definition) is 2. The maximum absolute atomic E-state index is 11.8. The second-order valence-electron chi connectivity index (χ2n) is 4.77. The SMILES string of the molecule is CCNC(CCSc1n[nH]c(=O)n1C(C)C)C(=O)OCC. The maximum Gasteiger partial charge on any atom is 0.344 e. The number of rotatable bonds is 9. The van der Waals surface area contributed by atoms with Crippen LogP contribution < -0.4 is 11.0 Å². The van der Waals surface area contributed by atoms with E-state index in [1.165, 1.54) is 11.8 Å². The molecule has 21 heavy (non-hydrogen) atoms. The van der Waals surface area contributed by atoms with Gasteiger partial charge in [0.05, 0.1) is 6.61 Å². The van der Waals surface area contributed by atoms with Crippen molar-refractivity contribution in [1.82, 2.24) is 20.1 Å². The molecule has 0 aliphatic heterocycles. The van der Waals surface area contributed by atoms with Crippen LogP contribution in [-0.2, 0) is 9.53 Å². The summed E-state index contributed by atoms with van der Waals surface area (Å²) in [5.74, 6) is 0.441. The summed E-state index contributed by atoms with van der Waals surface area (Å²) in [6, 6.07) is -0.269. The molecule has 2 N–H and O–H groups in total. The van der Waals surface area contributed by atoms with Crippen molar-refractivity contribution in [2.75, 3.05) is 18.9 Å². The summed E-state index contributed by atoms with van der Waals surface area (Å²) < 4.78 is 6.65. The van der Waals surface area contributed by atoms with Crippen LogP contribution in [-0.4, -0.2) is 45.7 Å². The van der Waals surface area contributed by atoms with Crippen molar-refractivity contribution in [3.63, 3.8) is 0 Å². The highest BCUT2D eigenvalue weighted by atomic mass is 32.2. The fraction of sp³-hybridized carbons (Fsp3) is 0.769. The Morgan fingerprint density at radius 1 is 1.48 bits per heavy atom. The standard InChI is InChI=1S/C13H24N4O3S/c1-5-14-10(11(18)20-6-2)7-8-21-13-16-15-12(19)17(13)9(3)4/h9-10,14H,5-8H2,1-4H3,(H,15,19). The fourth-order valence-corrected chi connectivity index (χ4v) is 2.99. The van der Waals surface area contributed by atoms with Crippen LogP contribution in [0.5, 0.6) is 0 Å². The molecule has 7 nitrogen and oxygen atoms in total. The van der Waals surface area contributed by atoms with Crippen LogP contribution in [0.2, 0.25) is 0 Å². The Labute approximate surface area is 128 Å². The molecule has 1 heterocycles. The summed E-state index contributed by atoms with van der Waals surface area (Å²) in [7, 11) is 0. The minimum Gasteiger partial charge on any atom is -0.465 e. The number of aromatic amines is 1. The van der Waals surface area contributed by atoms with E-state index in [2.05, 4.69) is 15.5 Å². The van der Waals surface area contributed by atoms with E-state index in [1.54, 1.807) is 11.5 Å². The van der Waals surface area contributed by atoms with Crippen molar-refractivity contribution in [3.05, 3.63) is 10.5 Å². The van der Waals surface area contributed by atoms with Gasteiger partial charge in [0.1, 0.15) is 6.04 Å². The van der Waals surface area contributed by atoms with Gasteiger partial charge in [0, 0.05) is 11.8 Å². The number of thioether (sulfide) groups is 1. The van der Waals surface area contributed by atoms with E-state index in [4.69, 9.17) is 4.74 Å². The van der Waals surface area contributed by atoms with Crippen LogP contribution in [0, 0.1) is 0 Å². The van der Waals surface area contributed by atoms with Gasteiger partial charge in [0.15, 0.2) is 5.16 Å². The van der Waals surface area contributed by atoms with Gasteiger partial charge in [0.2, 0.25) is 0 Å². The van der Waals surface area contributed by atoms with E-state index in [0.717, 1.165) is 0 Å². The largest absolute Gasteiger partial charge is 0.465 e. The third kappa shape index (κ3) is 5.20. The Kier molecular flexibility index (Phi) is 7.52. The second kappa shape index (κ2) is 8.89. The normalized spacial score (nSPS) is 12.6. The molecule has 0 aliphatic carbocycles. The first-order valence-electron chi connectivity index (χ1n) is 7.20. The molecule has 1 aromatic rings. The third-order valence-corrected chi connectivity index (χ3v) is 3.83. The Balaban J connectivity index is 2.58. The summed E-state index contributed by atoms with van der Waals surface area (Å²) >= 11 is 1.46. The molecule has 0 amide bonds. The average Bonchev–Trinajstić information content (AvgIpc) is 2.79. The number of aromatic nitrogens is 3. The van der Waals surface area contributed by atoms with E-state index in [1.807, 2.05) is 20.8 Å². The average molecular weight is 316 g/mol. The van der Waals surface area contributed by atoms with E-state index in [9.17, 15) is 9.59 Å². The van der Waals surface area contributed by atoms with E-state index in [-0.39, 0.29) is 23.7 Å². The molecule has 120 valence electrons. The molecular formula is C13H24N4O3S.